The SMILES string of the molecule is Cn1c(C(C#N)=C(O)CN2CCCCC2)nc2ccccc21. The number of piperidine rings is 1. The molecule has 22 heavy (non-hydrogen) atoms. The summed E-state index contributed by atoms with van der Waals surface area (Å²) in [5.41, 5.74) is 2.05. The maximum atomic E-state index is 10.4. The molecule has 114 valence electrons. The van der Waals surface area contributed by atoms with E-state index in [1.165, 1.54) is 6.42 Å². The number of benzene rings is 1. The first-order valence-electron chi connectivity index (χ1n) is 7.67. The van der Waals surface area contributed by atoms with Crippen LogP contribution in [0.3, 0.4) is 0 Å². The number of hydrogen-bond donors (Lipinski definition) is 1. The highest BCUT2D eigenvalue weighted by molar-refractivity contribution is 5.83. The molecule has 2 heterocycles. The number of likely N-dealkylation sites (tertiary alicyclic amines) is 1. The van der Waals surface area contributed by atoms with Gasteiger partial charge in [0.25, 0.3) is 0 Å². The van der Waals surface area contributed by atoms with Gasteiger partial charge in [0, 0.05) is 7.05 Å². The van der Waals surface area contributed by atoms with Crippen LogP contribution in [0.5, 0.6) is 0 Å². The van der Waals surface area contributed by atoms with Gasteiger partial charge in [-0.15, -0.1) is 0 Å². The number of aliphatic hydroxyl groups excluding tert-OH is 1. The van der Waals surface area contributed by atoms with E-state index in [2.05, 4.69) is 16.0 Å². The molecule has 1 aromatic heterocycles. The number of fused-ring (bicyclic) bond motifs is 1. The summed E-state index contributed by atoms with van der Waals surface area (Å²) in [5.74, 6) is 0.640. The van der Waals surface area contributed by atoms with Crippen molar-refractivity contribution in [1.29, 1.82) is 5.26 Å². The number of para-hydroxylation sites is 2. The number of aromatic nitrogens is 2. The molecule has 0 aliphatic carbocycles. The summed E-state index contributed by atoms with van der Waals surface area (Å²) < 4.78 is 1.86. The predicted octanol–water partition coefficient (Wildman–Crippen LogP) is 2.85. The number of hydrogen-bond acceptors (Lipinski definition) is 4. The minimum atomic E-state index is 0.114. The molecule has 1 aliphatic rings. The Bertz CT molecular complexity index is 748. The number of nitriles is 1. The number of rotatable bonds is 3. The number of nitrogens with zero attached hydrogens (tertiary/aromatic N) is 4. The van der Waals surface area contributed by atoms with E-state index < -0.39 is 0 Å². The topological polar surface area (TPSA) is 65.1 Å². The van der Waals surface area contributed by atoms with Gasteiger partial charge in [-0.25, -0.2) is 4.98 Å². The van der Waals surface area contributed by atoms with E-state index >= 15 is 0 Å². The quantitative estimate of drug-likeness (QED) is 0.698. The fraction of sp³-hybridized carbons (Fsp3) is 0.412. The molecule has 1 fully saturated rings. The lowest BCUT2D eigenvalue weighted by molar-refractivity contribution is 0.215. The third-order valence-electron chi connectivity index (χ3n) is 4.23. The first kappa shape index (κ1) is 14.6. The van der Waals surface area contributed by atoms with Gasteiger partial charge in [-0.2, -0.15) is 5.26 Å². The van der Waals surface area contributed by atoms with Crippen LogP contribution in [0, 0.1) is 11.3 Å². The molecule has 0 saturated carbocycles. The lowest BCUT2D eigenvalue weighted by Crippen LogP contribution is -2.31. The van der Waals surface area contributed by atoms with Crippen molar-refractivity contribution >= 4 is 16.6 Å². The molecule has 1 N–H and O–H groups in total. The number of aryl methyl sites for hydroxylation is 1. The van der Waals surface area contributed by atoms with Crippen LogP contribution >= 0.6 is 0 Å². The lowest BCUT2D eigenvalue weighted by atomic mass is 10.1. The molecule has 2 aromatic rings. The van der Waals surface area contributed by atoms with Gasteiger partial charge in [-0.3, -0.25) is 4.90 Å². The Labute approximate surface area is 130 Å². The summed E-state index contributed by atoms with van der Waals surface area (Å²) in [6.07, 6.45) is 3.56. The van der Waals surface area contributed by atoms with E-state index in [1.807, 2.05) is 35.9 Å². The molecule has 0 radical (unpaired) electrons. The van der Waals surface area contributed by atoms with Crippen molar-refractivity contribution in [3.63, 3.8) is 0 Å². The molecule has 5 heteroatoms. The predicted molar refractivity (Wildman–Crippen MR) is 86.2 cm³/mol. The first-order chi connectivity index (χ1) is 10.7. The summed E-state index contributed by atoms with van der Waals surface area (Å²) in [4.78, 5) is 6.69. The Morgan fingerprint density at radius 3 is 2.68 bits per heavy atom. The highest BCUT2D eigenvalue weighted by Crippen LogP contribution is 2.22. The Balaban J connectivity index is 1.96. The van der Waals surface area contributed by atoms with Gasteiger partial charge in [0.05, 0.1) is 17.6 Å². The van der Waals surface area contributed by atoms with Crippen LogP contribution in [0.25, 0.3) is 16.6 Å². The van der Waals surface area contributed by atoms with Crippen molar-refractivity contribution < 1.29 is 5.11 Å². The summed E-state index contributed by atoms with van der Waals surface area (Å²) in [7, 11) is 1.87. The summed E-state index contributed by atoms with van der Waals surface area (Å²) in [6.45, 7) is 2.38. The molecule has 3 rings (SSSR count). The fourth-order valence-electron chi connectivity index (χ4n) is 3.02. The molecule has 0 unspecified atom stereocenters. The highest BCUT2D eigenvalue weighted by Gasteiger charge is 2.19. The smallest absolute Gasteiger partial charge is 0.155 e. The fourth-order valence-corrected chi connectivity index (χ4v) is 3.02. The van der Waals surface area contributed by atoms with Crippen LogP contribution in [0.15, 0.2) is 30.0 Å². The second-order valence-electron chi connectivity index (χ2n) is 5.75. The van der Waals surface area contributed by atoms with Gasteiger partial charge in [0.15, 0.2) is 5.82 Å². The minimum Gasteiger partial charge on any atom is -0.509 e. The third kappa shape index (κ3) is 2.70. The van der Waals surface area contributed by atoms with Crippen molar-refractivity contribution in [3.8, 4) is 6.07 Å². The molecule has 1 saturated heterocycles. The number of allylic oxidation sites excluding steroid dienone is 1. The van der Waals surface area contributed by atoms with Crippen LogP contribution in [0.4, 0.5) is 0 Å². The second kappa shape index (κ2) is 6.20. The lowest BCUT2D eigenvalue weighted by Gasteiger charge is -2.26. The van der Waals surface area contributed by atoms with E-state index in [-0.39, 0.29) is 11.3 Å². The maximum Gasteiger partial charge on any atom is 0.155 e. The molecule has 1 aromatic carbocycles. The Morgan fingerprint density at radius 1 is 1.27 bits per heavy atom. The minimum absolute atomic E-state index is 0.114. The molecular weight excluding hydrogens is 276 g/mol. The van der Waals surface area contributed by atoms with Gasteiger partial charge in [-0.05, 0) is 38.1 Å². The molecule has 1 aliphatic heterocycles. The average Bonchev–Trinajstić information content (AvgIpc) is 2.87. The second-order valence-corrected chi connectivity index (χ2v) is 5.75. The molecule has 5 nitrogen and oxygen atoms in total. The summed E-state index contributed by atoms with van der Waals surface area (Å²) >= 11 is 0. The summed E-state index contributed by atoms with van der Waals surface area (Å²) in [5, 5.41) is 19.9. The van der Waals surface area contributed by atoms with E-state index in [9.17, 15) is 10.4 Å². The molecular formula is C17H20N4O. The zero-order chi connectivity index (χ0) is 15.5. The van der Waals surface area contributed by atoms with Crippen molar-refractivity contribution in [3.05, 3.63) is 35.8 Å². The number of imidazole rings is 1. The largest absolute Gasteiger partial charge is 0.509 e. The zero-order valence-electron chi connectivity index (χ0n) is 12.8. The monoisotopic (exact) mass is 296 g/mol. The highest BCUT2D eigenvalue weighted by atomic mass is 16.3. The van der Waals surface area contributed by atoms with Gasteiger partial charge >= 0.3 is 0 Å². The maximum absolute atomic E-state index is 10.4. The van der Waals surface area contributed by atoms with Crippen molar-refractivity contribution in [2.24, 2.45) is 7.05 Å². The van der Waals surface area contributed by atoms with Crippen LogP contribution in [-0.4, -0.2) is 39.2 Å². The zero-order valence-corrected chi connectivity index (χ0v) is 12.8. The van der Waals surface area contributed by atoms with Gasteiger partial charge in [0.2, 0.25) is 0 Å². The average molecular weight is 296 g/mol. The van der Waals surface area contributed by atoms with E-state index in [0.717, 1.165) is 37.0 Å². The third-order valence-corrected chi connectivity index (χ3v) is 4.23. The summed E-state index contributed by atoms with van der Waals surface area (Å²) in [6, 6.07) is 9.86. The molecule has 0 bridgehead atoms. The van der Waals surface area contributed by atoms with Crippen molar-refractivity contribution in [2.75, 3.05) is 19.6 Å². The van der Waals surface area contributed by atoms with Crippen LogP contribution < -0.4 is 0 Å². The standard InChI is InChI=1S/C17H20N4O/c1-20-15-8-4-3-7-14(15)19-17(20)13(11-18)16(22)12-21-9-5-2-6-10-21/h3-4,7-8,22H,2,5-6,9-10,12H2,1H3. The van der Waals surface area contributed by atoms with Crippen LogP contribution in [0.1, 0.15) is 25.1 Å². The normalized spacial score (nSPS) is 17.3. The molecule has 0 atom stereocenters. The van der Waals surface area contributed by atoms with Gasteiger partial charge < -0.3 is 9.67 Å². The molecule has 0 amide bonds. The Morgan fingerprint density at radius 2 is 2.00 bits per heavy atom. The van der Waals surface area contributed by atoms with Crippen LogP contribution in [0.2, 0.25) is 0 Å². The Kier molecular flexibility index (Phi) is 4.12. The van der Waals surface area contributed by atoms with Crippen LogP contribution in [-0.2, 0) is 7.05 Å². The van der Waals surface area contributed by atoms with E-state index in [0.29, 0.717) is 12.4 Å². The Hall–Kier alpha value is -2.32. The van der Waals surface area contributed by atoms with Crippen molar-refractivity contribution in [1.82, 2.24) is 14.5 Å². The van der Waals surface area contributed by atoms with E-state index in [1.54, 1.807) is 0 Å². The van der Waals surface area contributed by atoms with Gasteiger partial charge in [0.1, 0.15) is 17.4 Å². The van der Waals surface area contributed by atoms with Gasteiger partial charge in [-0.1, -0.05) is 18.6 Å². The molecule has 0 spiro atoms. The van der Waals surface area contributed by atoms with Crippen molar-refractivity contribution in [2.45, 2.75) is 19.3 Å². The first-order valence-corrected chi connectivity index (χ1v) is 7.67. The van der Waals surface area contributed by atoms with E-state index in [4.69, 9.17) is 0 Å². The number of aliphatic hydroxyl groups is 1.